The van der Waals surface area contributed by atoms with Crippen LogP contribution >= 0.6 is 0 Å². The Bertz CT molecular complexity index is 366. The molecule has 2 N–H and O–H groups in total. The highest BCUT2D eigenvalue weighted by molar-refractivity contribution is 5.54. The minimum Gasteiger partial charge on any atom is -0.476 e. The summed E-state index contributed by atoms with van der Waals surface area (Å²) < 4.78 is 5.57. The lowest BCUT2D eigenvalue weighted by molar-refractivity contribution is 0.307. The van der Waals surface area contributed by atoms with E-state index in [1.807, 2.05) is 12.1 Å². The molecular formula is C14H25N3O. The molecule has 18 heavy (non-hydrogen) atoms. The molecule has 0 spiro atoms. The van der Waals surface area contributed by atoms with Crippen molar-refractivity contribution in [3.8, 4) is 5.88 Å². The van der Waals surface area contributed by atoms with Gasteiger partial charge in [0.1, 0.15) is 5.82 Å². The highest BCUT2D eigenvalue weighted by atomic mass is 16.5. The van der Waals surface area contributed by atoms with Crippen molar-refractivity contribution < 1.29 is 4.74 Å². The molecule has 0 aliphatic carbocycles. The highest BCUT2D eigenvalue weighted by Gasteiger charge is 2.13. The summed E-state index contributed by atoms with van der Waals surface area (Å²) in [5, 5.41) is 0. The first kappa shape index (κ1) is 14.6. The fourth-order valence-corrected chi connectivity index (χ4v) is 1.79. The van der Waals surface area contributed by atoms with Gasteiger partial charge in [-0.3, -0.25) is 0 Å². The highest BCUT2D eigenvalue weighted by Crippen LogP contribution is 2.24. The first-order chi connectivity index (χ1) is 8.60. The van der Waals surface area contributed by atoms with E-state index in [0.717, 1.165) is 25.2 Å². The summed E-state index contributed by atoms with van der Waals surface area (Å²) in [4.78, 5) is 6.79. The van der Waals surface area contributed by atoms with Gasteiger partial charge < -0.3 is 15.4 Å². The molecular weight excluding hydrogens is 226 g/mol. The first-order valence-electron chi connectivity index (χ1n) is 6.76. The molecule has 0 unspecified atom stereocenters. The second-order valence-corrected chi connectivity index (χ2v) is 4.70. The monoisotopic (exact) mass is 251 g/mol. The van der Waals surface area contributed by atoms with E-state index in [4.69, 9.17) is 10.5 Å². The van der Waals surface area contributed by atoms with Crippen LogP contribution in [-0.4, -0.2) is 24.2 Å². The molecule has 4 nitrogen and oxygen atoms in total. The Hall–Kier alpha value is -1.45. The predicted octanol–water partition coefficient (Wildman–Crippen LogP) is 3.08. The lowest BCUT2D eigenvalue weighted by Gasteiger charge is -2.27. The van der Waals surface area contributed by atoms with E-state index in [0.29, 0.717) is 24.2 Å². The van der Waals surface area contributed by atoms with Crippen LogP contribution < -0.4 is 15.4 Å². The van der Waals surface area contributed by atoms with Crippen LogP contribution in [0.15, 0.2) is 12.1 Å². The molecule has 0 bridgehead atoms. The third kappa shape index (κ3) is 3.79. The number of nitrogen functional groups attached to an aromatic ring is 1. The van der Waals surface area contributed by atoms with Crippen LogP contribution in [0.25, 0.3) is 0 Å². The second-order valence-electron chi connectivity index (χ2n) is 4.70. The molecule has 0 radical (unpaired) electrons. The Morgan fingerprint density at radius 2 is 2.00 bits per heavy atom. The standard InChI is InChI=1S/C14H25N3O/c1-5-9-17(11(3)4)13-8-7-12(15)14(16-13)18-10-6-2/h7-8,11H,5-6,9-10,15H2,1-4H3. The van der Waals surface area contributed by atoms with Gasteiger partial charge in [-0.05, 0) is 38.8 Å². The number of aromatic nitrogens is 1. The van der Waals surface area contributed by atoms with Crippen LogP contribution in [0.3, 0.4) is 0 Å². The molecule has 0 amide bonds. The quantitative estimate of drug-likeness (QED) is 0.809. The number of anilines is 2. The summed E-state index contributed by atoms with van der Waals surface area (Å²) in [6.45, 7) is 10.2. The van der Waals surface area contributed by atoms with Crippen LogP contribution in [-0.2, 0) is 0 Å². The van der Waals surface area contributed by atoms with Crippen molar-refractivity contribution in [3.63, 3.8) is 0 Å². The molecule has 0 aromatic carbocycles. The Morgan fingerprint density at radius 3 is 2.56 bits per heavy atom. The van der Waals surface area contributed by atoms with Gasteiger partial charge in [-0.2, -0.15) is 4.98 Å². The van der Waals surface area contributed by atoms with Gasteiger partial charge in [-0.1, -0.05) is 13.8 Å². The molecule has 4 heteroatoms. The molecule has 1 heterocycles. The van der Waals surface area contributed by atoms with E-state index in [2.05, 4.69) is 37.6 Å². The number of hydrogen-bond acceptors (Lipinski definition) is 4. The number of nitrogens with two attached hydrogens (primary N) is 1. The Kier molecular flexibility index (Phi) is 5.75. The Morgan fingerprint density at radius 1 is 1.28 bits per heavy atom. The van der Waals surface area contributed by atoms with Gasteiger partial charge in [-0.15, -0.1) is 0 Å². The van der Waals surface area contributed by atoms with E-state index < -0.39 is 0 Å². The number of nitrogens with zero attached hydrogens (tertiary/aromatic N) is 2. The number of ether oxygens (including phenoxy) is 1. The van der Waals surface area contributed by atoms with Crippen molar-refractivity contribution in [2.24, 2.45) is 0 Å². The van der Waals surface area contributed by atoms with E-state index in [9.17, 15) is 0 Å². The van der Waals surface area contributed by atoms with Crippen molar-refractivity contribution in [2.45, 2.75) is 46.6 Å². The molecule has 102 valence electrons. The normalized spacial score (nSPS) is 10.7. The summed E-state index contributed by atoms with van der Waals surface area (Å²) in [6, 6.07) is 4.25. The maximum Gasteiger partial charge on any atom is 0.239 e. The second kappa shape index (κ2) is 7.09. The van der Waals surface area contributed by atoms with Gasteiger partial charge in [0.15, 0.2) is 0 Å². The molecule has 1 aromatic heterocycles. The number of pyridine rings is 1. The molecule has 0 aliphatic rings. The lowest BCUT2D eigenvalue weighted by atomic mass is 10.2. The zero-order chi connectivity index (χ0) is 13.5. The zero-order valence-electron chi connectivity index (χ0n) is 11.9. The van der Waals surface area contributed by atoms with Gasteiger partial charge >= 0.3 is 0 Å². The summed E-state index contributed by atoms with van der Waals surface area (Å²) in [5.41, 5.74) is 6.48. The predicted molar refractivity (Wildman–Crippen MR) is 77.2 cm³/mol. The smallest absolute Gasteiger partial charge is 0.239 e. The zero-order valence-corrected chi connectivity index (χ0v) is 11.9. The summed E-state index contributed by atoms with van der Waals surface area (Å²) in [7, 11) is 0. The topological polar surface area (TPSA) is 51.4 Å². The van der Waals surface area contributed by atoms with Crippen LogP contribution in [0.4, 0.5) is 11.5 Å². The van der Waals surface area contributed by atoms with E-state index >= 15 is 0 Å². The largest absolute Gasteiger partial charge is 0.476 e. The average molecular weight is 251 g/mol. The molecule has 1 aromatic rings. The summed E-state index contributed by atoms with van der Waals surface area (Å²) in [6.07, 6.45) is 2.05. The van der Waals surface area contributed by atoms with Gasteiger partial charge in [0.25, 0.3) is 0 Å². The number of rotatable bonds is 7. The molecule has 0 aliphatic heterocycles. The van der Waals surface area contributed by atoms with Crippen LogP contribution in [0, 0.1) is 0 Å². The maximum atomic E-state index is 5.87. The van der Waals surface area contributed by atoms with E-state index in [-0.39, 0.29) is 0 Å². The van der Waals surface area contributed by atoms with Gasteiger partial charge in [0.2, 0.25) is 5.88 Å². The van der Waals surface area contributed by atoms with Gasteiger partial charge in [0, 0.05) is 12.6 Å². The SMILES string of the molecule is CCCOc1nc(N(CCC)C(C)C)ccc1N. The van der Waals surface area contributed by atoms with Crippen molar-refractivity contribution in [1.29, 1.82) is 0 Å². The lowest BCUT2D eigenvalue weighted by Crippen LogP contribution is -2.32. The van der Waals surface area contributed by atoms with Crippen LogP contribution in [0.5, 0.6) is 5.88 Å². The maximum absolute atomic E-state index is 5.87. The van der Waals surface area contributed by atoms with Crippen molar-refractivity contribution in [3.05, 3.63) is 12.1 Å². The van der Waals surface area contributed by atoms with Crippen molar-refractivity contribution in [1.82, 2.24) is 4.98 Å². The first-order valence-corrected chi connectivity index (χ1v) is 6.76. The van der Waals surface area contributed by atoms with Crippen molar-refractivity contribution in [2.75, 3.05) is 23.8 Å². The minimum atomic E-state index is 0.417. The van der Waals surface area contributed by atoms with Gasteiger partial charge in [-0.25, -0.2) is 0 Å². The Balaban J connectivity index is 2.93. The van der Waals surface area contributed by atoms with E-state index in [1.165, 1.54) is 0 Å². The average Bonchev–Trinajstić information content (AvgIpc) is 2.35. The molecule has 0 atom stereocenters. The van der Waals surface area contributed by atoms with E-state index in [1.54, 1.807) is 0 Å². The summed E-state index contributed by atoms with van der Waals surface area (Å²) in [5.74, 6) is 1.49. The fraction of sp³-hybridized carbons (Fsp3) is 0.643. The molecule has 0 saturated heterocycles. The Labute approximate surface area is 110 Å². The number of hydrogen-bond donors (Lipinski definition) is 1. The third-order valence-electron chi connectivity index (χ3n) is 2.70. The fourth-order valence-electron chi connectivity index (χ4n) is 1.79. The van der Waals surface area contributed by atoms with Crippen molar-refractivity contribution >= 4 is 11.5 Å². The van der Waals surface area contributed by atoms with Gasteiger partial charge in [0.05, 0.1) is 12.3 Å². The van der Waals surface area contributed by atoms with Crippen LogP contribution in [0.2, 0.25) is 0 Å². The summed E-state index contributed by atoms with van der Waals surface area (Å²) >= 11 is 0. The van der Waals surface area contributed by atoms with Crippen LogP contribution in [0.1, 0.15) is 40.5 Å². The molecule has 0 fully saturated rings. The molecule has 1 rings (SSSR count). The third-order valence-corrected chi connectivity index (χ3v) is 2.70. The molecule has 0 saturated carbocycles. The minimum absolute atomic E-state index is 0.417.